The van der Waals surface area contributed by atoms with Crippen molar-refractivity contribution >= 4 is 11.3 Å². The van der Waals surface area contributed by atoms with Gasteiger partial charge in [-0.1, -0.05) is 0 Å². The molecule has 1 nitrogen and oxygen atoms in total. The Morgan fingerprint density at radius 3 is 1.76 bits per heavy atom. The normalized spacial score (nSPS) is 14.2. The van der Waals surface area contributed by atoms with E-state index in [1.807, 2.05) is 0 Å². The van der Waals surface area contributed by atoms with E-state index >= 15 is 0 Å². The highest BCUT2D eigenvalue weighted by atomic mass is 32.1. The number of nitrogens with two attached hydrogens (primary N) is 1. The van der Waals surface area contributed by atoms with Crippen molar-refractivity contribution in [2.75, 3.05) is 0 Å². The zero-order valence-corrected chi connectivity index (χ0v) is 11.1. The van der Waals surface area contributed by atoms with E-state index in [1.165, 1.54) is 11.3 Å². The molecule has 0 unspecified atom stereocenters. The van der Waals surface area contributed by atoms with Gasteiger partial charge in [-0.2, -0.15) is 37.7 Å². The first kappa shape index (κ1) is 15.8. The van der Waals surface area contributed by atoms with Crippen LogP contribution in [0.5, 0.6) is 0 Å². The van der Waals surface area contributed by atoms with Crippen LogP contribution in [0, 0.1) is 0 Å². The van der Waals surface area contributed by atoms with Gasteiger partial charge in [0.15, 0.2) is 0 Å². The first-order chi connectivity index (χ1) is 9.59. The Labute approximate surface area is 120 Å². The Hall–Kier alpha value is -1.54. The van der Waals surface area contributed by atoms with Crippen LogP contribution in [0.1, 0.15) is 28.3 Å². The van der Waals surface area contributed by atoms with Gasteiger partial charge in [-0.15, -0.1) is 0 Å². The molecule has 0 fully saturated rings. The standard InChI is InChI=1S/C13H9F6NS/c14-12(15,16)9-3-8(4-10(5-9)13(17,18)19)11(20)7-1-2-21-6-7/h1-6,11H,20H2/t11-/m1/s1. The molecular weight excluding hydrogens is 316 g/mol. The van der Waals surface area contributed by atoms with Gasteiger partial charge in [0.1, 0.15) is 0 Å². The van der Waals surface area contributed by atoms with Crippen LogP contribution in [0.3, 0.4) is 0 Å². The summed E-state index contributed by atoms with van der Waals surface area (Å²) in [6, 6.07) is 1.90. The summed E-state index contributed by atoms with van der Waals surface area (Å²) in [5.41, 5.74) is 3.27. The summed E-state index contributed by atoms with van der Waals surface area (Å²) in [4.78, 5) is 0. The van der Waals surface area contributed by atoms with Crippen LogP contribution in [0.25, 0.3) is 0 Å². The van der Waals surface area contributed by atoms with Crippen molar-refractivity contribution in [3.05, 3.63) is 57.3 Å². The van der Waals surface area contributed by atoms with Crippen molar-refractivity contribution in [3.63, 3.8) is 0 Å². The number of halogens is 6. The van der Waals surface area contributed by atoms with E-state index in [2.05, 4.69) is 0 Å². The van der Waals surface area contributed by atoms with Gasteiger partial charge in [0.2, 0.25) is 0 Å². The first-order valence-corrected chi connectivity index (χ1v) is 6.60. The molecule has 114 valence electrons. The fourth-order valence-corrected chi connectivity index (χ4v) is 2.50. The smallest absolute Gasteiger partial charge is 0.320 e. The second-order valence-electron chi connectivity index (χ2n) is 4.37. The molecule has 0 saturated carbocycles. The van der Waals surface area contributed by atoms with Gasteiger partial charge in [-0.3, -0.25) is 0 Å². The number of hydrogen-bond acceptors (Lipinski definition) is 2. The van der Waals surface area contributed by atoms with Crippen molar-refractivity contribution in [1.29, 1.82) is 0 Å². The molecule has 0 aliphatic heterocycles. The van der Waals surface area contributed by atoms with E-state index in [0.29, 0.717) is 17.7 Å². The molecule has 0 saturated heterocycles. The van der Waals surface area contributed by atoms with Crippen molar-refractivity contribution in [2.45, 2.75) is 18.4 Å². The molecule has 1 aromatic carbocycles. The van der Waals surface area contributed by atoms with Gasteiger partial charge >= 0.3 is 12.4 Å². The highest BCUT2D eigenvalue weighted by Gasteiger charge is 2.37. The molecule has 0 bridgehead atoms. The third-order valence-electron chi connectivity index (χ3n) is 2.87. The minimum absolute atomic E-state index is 0.0871. The average Bonchev–Trinajstić information content (AvgIpc) is 2.89. The highest BCUT2D eigenvalue weighted by Crippen LogP contribution is 2.38. The third-order valence-corrected chi connectivity index (χ3v) is 3.57. The maximum Gasteiger partial charge on any atom is 0.416 e. The highest BCUT2D eigenvalue weighted by molar-refractivity contribution is 7.08. The molecule has 0 amide bonds. The molecule has 0 spiro atoms. The Balaban J connectivity index is 2.55. The number of hydrogen-bond donors (Lipinski definition) is 1. The Kier molecular flexibility index (Phi) is 4.03. The van der Waals surface area contributed by atoms with Gasteiger partial charge in [-0.25, -0.2) is 0 Å². The molecule has 0 aliphatic rings. The summed E-state index contributed by atoms with van der Waals surface area (Å²) in [5, 5.41) is 3.23. The lowest BCUT2D eigenvalue weighted by molar-refractivity contribution is -0.143. The number of thiophene rings is 1. The Bertz CT molecular complexity index is 582. The van der Waals surface area contributed by atoms with E-state index in [9.17, 15) is 26.3 Å². The zero-order valence-electron chi connectivity index (χ0n) is 10.3. The number of benzene rings is 1. The SMILES string of the molecule is N[C@H](c1ccsc1)c1cc(C(F)(F)F)cc(C(F)(F)F)c1. The summed E-state index contributed by atoms with van der Waals surface area (Å²) in [6.45, 7) is 0. The predicted octanol–water partition coefficient (Wildman–Crippen LogP) is 4.83. The first-order valence-electron chi connectivity index (χ1n) is 5.66. The van der Waals surface area contributed by atoms with Gasteiger partial charge in [0.05, 0.1) is 17.2 Å². The van der Waals surface area contributed by atoms with Crippen LogP contribution >= 0.6 is 11.3 Å². The van der Waals surface area contributed by atoms with Gasteiger partial charge < -0.3 is 5.73 Å². The Morgan fingerprint density at radius 2 is 1.38 bits per heavy atom. The molecule has 1 heterocycles. The molecule has 2 N–H and O–H groups in total. The second-order valence-corrected chi connectivity index (χ2v) is 5.15. The van der Waals surface area contributed by atoms with Crippen LogP contribution in [-0.2, 0) is 12.4 Å². The number of rotatable bonds is 2. The van der Waals surface area contributed by atoms with Crippen molar-refractivity contribution in [1.82, 2.24) is 0 Å². The van der Waals surface area contributed by atoms with E-state index in [-0.39, 0.29) is 11.6 Å². The summed E-state index contributed by atoms with van der Waals surface area (Å²) < 4.78 is 76.4. The van der Waals surface area contributed by atoms with Crippen LogP contribution in [0.4, 0.5) is 26.3 Å². The minimum Gasteiger partial charge on any atom is -0.320 e. The molecule has 0 aliphatic carbocycles. The lowest BCUT2D eigenvalue weighted by atomic mass is 9.97. The van der Waals surface area contributed by atoms with Crippen LogP contribution in [-0.4, -0.2) is 0 Å². The molecule has 2 aromatic rings. The fraction of sp³-hybridized carbons (Fsp3) is 0.231. The van der Waals surface area contributed by atoms with E-state index < -0.39 is 29.5 Å². The molecule has 1 atom stereocenters. The fourth-order valence-electron chi connectivity index (χ4n) is 1.80. The lowest BCUT2D eigenvalue weighted by Gasteiger charge is -2.17. The van der Waals surface area contributed by atoms with Crippen molar-refractivity contribution in [3.8, 4) is 0 Å². The molecule has 21 heavy (non-hydrogen) atoms. The quantitative estimate of drug-likeness (QED) is 0.786. The third kappa shape index (κ3) is 3.56. The van der Waals surface area contributed by atoms with E-state index in [4.69, 9.17) is 5.73 Å². The molecular formula is C13H9F6NS. The lowest BCUT2D eigenvalue weighted by Crippen LogP contribution is -2.16. The van der Waals surface area contributed by atoms with Gasteiger partial charge in [-0.05, 0) is 46.2 Å². The molecule has 8 heteroatoms. The Morgan fingerprint density at radius 1 is 0.857 bits per heavy atom. The second kappa shape index (κ2) is 5.34. The molecule has 0 radical (unpaired) electrons. The zero-order chi connectivity index (χ0) is 15.8. The van der Waals surface area contributed by atoms with Crippen LogP contribution in [0.15, 0.2) is 35.0 Å². The van der Waals surface area contributed by atoms with Crippen LogP contribution < -0.4 is 5.73 Å². The van der Waals surface area contributed by atoms with Crippen molar-refractivity contribution < 1.29 is 26.3 Å². The monoisotopic (exact) mass is 325 g/mol. The maximum atomic E-state index is 12.7. The average molecular weight is 325 g/mol. The summed E-state index contributed by atoms with van der Waals surface area (Å²) in [7, 11) is 0. The summed E-state index contributed by atoms with van der Waals surface area (Å²) >= 11 is 1.26. The van der Waals surface area contributed by atoms with Crippen LogP contribution in [0.2, 0.25) is 0 Å². The summed E-state index contributed by atoms with van der Waals surface area (Å²) in [6.07, 6.45) is -9.74. The molecule has 1 aromatic heterocycles. The summed E-state index contributed by atoms with van der Waals surface area (Å²) in [5.74, 6) is 0. The van der Waals surface area contributed by atoms with E-state index in [1.54, 1.807) is 16.8 Å². The topological polar surface area (TPSA) is 26.0 Å². The van der Waals surface area contributed by atoms with E-state index in [0.717, 1.165) is 0 Å². The maximum absolute atomic E-state index is 12.7. The van der Waals surface area contributed by atoms with Crippen molar-refractivity contribution in [2.24, 2.45) is 5.73 Å². The largest absolute Gasteiger partial charge is 0.416 e. The number of alkyl halides is 6. The predicted molar refractivity (Wildman–Crippen MR) is 66.8 cm³/mol. The van der Waals surface area contributed by atoms with Gasteiger partial charge in [0, 0.05) is 0 Å². The molecule has 2 rings (SSSR count). The minimum atomic E-state index is -4.87. The van der Waals surface area contributed by atoms with Gasteiger partial charge in [0.25, 0.3) is 0 Å².